The number of aromatic nitrogens is 3. The van der Waals surface area contributed by atoms with Gasteiger partial charge in [-0.05, 0) is 12.8 Å². The lowest BCUT2D eigenvalue weighted by Gasteiger charge is -2.12. The van der Waals surface area contributed by atoms with Crippen molar-refractivity contribution in [1.82, 2.24) is 20.7 Å². The van der Waals surface area contributed by atoms with Gasteiger partial charge in [-0.3, -0.25) is 4.79 Å². The van der Waals surface area contributed by atoms with Crippen molar-refractivity contribution in [3.63, 3.8) is 0 Å². The number of amides is 1. The fourth-order valence-corrected chi connectivity index (χ4v) is 2.10. The number of anilines is 2. The highest BCUT2D eigenvalue weighted by molar-refractivity contribution is 5.92. The van der Waals surface area contributed by atoms with Gasteiger partial charge < -0.3 is 20.1 Å². The molecule has 8 heteroatoms. The van der Waals surface area contributed by atoms with Crippen molar-refractivity contribution in [2.75, 3.05) is 37.4 Å². The molecule has 1 fully saturated rings. The fourth-order valence-electron chi connectivity index (χ4n) is 2.10. The van der Waals surface area contributed by atoms with Crippen LogP contribution >= 0.6 is 0 Å². The molecular formula is C15H20N6O2. The van der Waals surface area contributed by atoms with Gasteiger partial charge in [0, 0.05) is 45.2 Å². The van der Waals surface area contributed by atoms with Gasteiger partial charge in [-0.25, -0.2) is 0 Å². The zero-order chi connectivity index (χ0) is 16.2. The molecule has 23 heavy (non-hydrogen) atoms. The van der Waals surface area contributed by atoms with E-state index in [1.807, 2.05) is 25.1 Å². The van der Waals surface area contributed by atoms with Crippen molar-refractivity contribution in [3.05, 3.63) is 29.8 Å². The van der Waals surface area contributed by atoms with Crippen LogP contribution in [0.1, 0.15) is 35.0 Å². The van der Waals surface area contributed by atoms with Gasteiger partial charge in [0.15, 0.2) is 11.5 Å². The Balaban J connectivity index is 1.43. The number of nitrogens with one attached hydrogen (secondary N) is 2. The van der Waals surface area contributed by atoms with Gasteiger partial charge in [-0.2, -0.15) is 5.10 Å². The molecule has 8 nitrogen and oxygen atoms in total. The molecule has 1 saturated carbocycles. The maximum Gasteiger partial charge on any atom is 0.273 e. The number of carbonyl (C=O) groups excluding carboxylic acids is 1. The lowest BCUT2D eigenvalue weighted by atomic mass is 10.3. The Hall–Kier alpha value is -2.64. The summed E-state index contributed by atoms with van der Waals surface area (Å²) in [6, 6.07) is 3.63. The van der Waals surface area contributed by atoms with Gasteiger partial charge in [-0.1, -0.05) is 5.16 Å². The van der Waals surface area contributed by atoms with Crippen LogP contribution in [-0.4, -0.2) is 48.4 Å². The van der Waals surface area contributed by atoms with Crippen LogP contribution in [0, 0.1) is 0 Å². The first-order chi connectivity index (χ1) is 11.1. The van der Waals surface area contributed by atoms with E-state index in [1.54, 1.807) is 12.3 Å². The summed E-state index contributed by atoms with van der Waals surface area (Å²) >= 11 is 0. The molecule has 0 radical (unpaired) electrons. The van der Waals surface area contributed by atoms with E-state index in [1.165, 1.54) is 0 Å². The Bertz CT molecular complexity index is 680. The SMILES string of the molecule is CN(C)c1cnnc(NCCNC(=O)c2cc(C3CC3)on2)c1. The molecular weight excluding hydrogens is 296 g/mol. The van der Waals surface area contributed by atoms with Crippen molar-refractivity contribution < 1.29 is 9.32 Å². The van der Waals surface area contributed by atoms with E-state index in [2.05, 4.69) is 26.0 Å². The van der Waals surface area contributed by atoms with Crippen LogP contribution in [0.25, 0.3) is 0 Å². The van der Waals surface area contributed by atoms with E-state index in [4.69, 9.17) is 4.52 Å². The van der Waals surface area contributed by atoms with Crippen LogP contribution in [0.15, 0.2) is 22.9 Å². The minimum Gasteiger partial charge on any atom is -0.376 e. The molecule has 0 unspecified atom stereocenters. The van der Waals surface area contributed by atoms with Crippen LogP contribution < -0.4 is 15.5 Å². The van der Waals surface area contributed by atoms with Crippen LogP contribution in [0.2, 0.25) is 0 Å². The summed E-state index contributed by atoms with van der Waals surface area (Å²) in [5.41, 5.74) is 1.29. The highest BCUT2D eigenvalue weighted by atomic mass is 16.5. The highest BCUT2D eigenvalue weighted by Gasteiger charge is 2.28. The predicted octanol–water partition coefficient (Wildman–Crippen LogP) is 1.25. The van der Waals surface area contributed by atoms with Crippen LogP contribution in [0.4, 0.5) is 11.5 Å². The zero-order valence-electron chi connectivity index (χ0n) is 13.2. The molecule has 3 rings (SSSR count). The van der Waals surface area contributed by atoms with Crippen molar-refractivity contribution in [1.29, 1.82) is 0 Å². The summed E-state index contributed by atoms with van der Waals surface area (Å²) in [6.07, 6.45) is 3.93. The maximum atomic E-state index is 12.0. The average Bonchev–Trinajstić information content (AvgIpc) is 3.28. The standard InChI is InChI=1S/C15H20N6O2/c1-21(2)11-7-14(19-18-9-11)16-5-6-17-15(22)12-8-13(23-20-12)10-3-4-10/h7-10H,3-6H2,1-2H3,(H,16,19)(H,17,22). The third-order valence-electron chi connectivity index (χ3n) is 3.61. The molecule has 122 valence electrons. The molecule has 0 spiro atoms. The number of carbonyl (C=O) groups is 1. The Kier molecular flexibility index (Phi) is 4.40. The van der Waals surface area contributed by atoms with E-state index < -0.39 is 0 Å². The van der Waals surface area contributed by atoms with E-state index >= 15 is 0 Å². The number of hydrogen-bond donors (Lipinski definition) is 2. The highest BCUT2D eigenvalue weighted by Crippen LogP contribution is 2.40. The largest absolute Gasteiger partial charge is 0.376 e. The van der Waals surface area contributed by atoms with Gasteiger partial charge in [0.2, 0.25) is 0 Å². The second kappa shape index (κ2) is 6.64. The molecule has 2 heterocycles. The second-order valence-electron chi connectivity index (χ2n) is 5.76. The topological polar surface area (TPSA) is 96.2 Å². The second-order valence-corrected chi connectivity index (χ2v) is 5.76. The third kappa shape index (κ3) is 3.97. The molecule has 0 bridgehead atoms. The molecule has 1 aliphatic carbocycles. The quantitative estimate of drug-likeness (QED) is 0.742. The van der Waals surface area contributed by atoms with Crippen molar-refractivity contribution in [2.45, 2.75) is 18.8 Å². The first-order valence-corrected chi connectivity index (χ1v) is 7.62. The van der Waals surface area contributed by atoms with Gasteiger partial charge >= 0.3 is 0 Å². The third-order valence-corrected chi connectivity index (χ3v) is 3.61. The van der Waals surface area contributed by atoms with Gasteiger partial charge in [-0.15, -0.1) is 5.10 Å². The maximum absolute atomic E-state index is 12.0. The minimum absolute atomic E-state index is 0.226. The van der Waals surface area contributed by atoms with Gasteiger partial charge in [0.25, 0.3) is 5.91 Å². The summed E-state index contributed by atoms with van der Waals surface area (Å²) in [4.78, 5) is 13.9. The van der Waals surface area contributed by atoms with Crippen LogP contribution in [0.3, 0.4) is 0 Å². The fraction of sp³-hybridized carbons (Fsp3) is 0.467. The Labute approximate surface area is 134 Å². The van der Waals surface area contributed by atoms with Crippen molar-refractivity contribution >= 4 is 17.4 Å². The normalized spacial score (nSPS) is 13.7. The molecule has 1 amide bonds. The average molecular weight is 316 g/mol. The molecule has 2 aromatic heterocycles. The first-order valence-electron chi connectivity index (χ1n) is 7.62. The molecule has 0 aromatic carbocycles. The first kappa shape index (κ1) is 15.3. The minimum atomic E-state index is -0.226. The van der Waals surface area contributed by atoms with Gasteiger partial charge in [0.1, 0.15) is 5.76 Å². The monoisotopic (exact) mass is 316 g/mol. The summed E-state index contributed by atoms with van der Waals surface area (Å²) in [5.74, 6) is 1.70. The zero-order valence-corrected chi connectivity index (χ0v) is 13.2. The number of nitrogens with zero attached hydrogens (tertiary/aromatic N) is 4. The smallest absolute Gasteiger partial charge is 0.273 e. The molecule has 1 aliphatic rings. The van der Waals surface area contributed by atoms with E-state index in [0.717, 1.165) is 24.3 Å². The Morgan fingerprint density at radius 3 is 2.91 bits per heavy atom. The van der Waals surface area contributed by atoms with E-state index in [0.29, 0.717) is 30.5 Å². The number of hydrogen-bond acceptors (Lipinski definition) is 7. The van der Waals surface area contributed by atoms with Crippen molar-refractivity contribution in [2.24, 2.45) is 0 Å². The number of rotatable bonds is 7. The lowest BCUT2D eigenvalue weighted by Crippen LogP contribution is -2.29. The van der Waals surface area contributed by atoms with E-state index in [9.17, 15) is 4.79 Å². The molecule has 2 N–H and O–H groups in total. The van der Waals surface area contributed by atoms with Crippen molar-refractivity contribution in [3.8, 4) is 0 Å². The van der Waals surface area contributed by atoms with Gasteiger partial charge in [0.05, 0.1) is 11.9 Å². The lowest BCUT2D eigenvalue weighted by molar-refractivity contribution is 0.0946. The molecule has 0 saturated heterocycles. The van der Waals surface area contributed by atoms with E-state index in [-0.39, 0.29) is 5.91 Å². The molecule has 2 aromatic rings. The summed E-state index contributed by atoms with van der Waals surface area (Å²) in [7, 11) is 3.88. The summed E-state index contributed by atoms with van der Waals surface area (Å²) < 4.78 is 5.17. The Morgan fingerprint density at radius 2 is 2.17 bits per heavy atom. The van der Waals surface area contributed by atoms with Crippen LogP contribution in [0.5, 0.6) is 0 Å². The molecule has 0 atom stereocenters. The Morgan fingerprint density at radius 1 is 1.35 bits per heavy atom. The molecule has 0 aliphatic heterocycles. The summed E-state index contributed by atoms with van der Waals surface area (Å²) in [6.45, 7) is 1.00. The summed E-state index contributed by atoms with van der Waals surface area (Å²) in [5, 5.41) is 17.7. The predicted molar refractivity (Wildman–Crippen MR) is 85.7 cm³/mol. The van der Waals surface area contributed by atoms with Crippen LogP contribution in [-0.2, 0) is 0 Å².